The van der Waals surface area contributed by atoms with E-state index in [-0.39, 0.29) is 5.56 Å². The van der Waals surface area contributed by atoms with Crippen molar-refractivity contribution in [2.75, 3.05) is 7.05 Å². The molecule has 0 aromatic heterocycles. The van der Waals surface area contributed by atoms with E-state index in [4.69, 9.17) is 0 Å². The molecule has 0 saturated heterocycles. The first kappa shape index (κ1) is 20.1. The van der Waals surface area contributed by atoms with Crippen LogP contribution >= 0.6 is 15.9 Å². The van der Waals surface area contributed by atoms with Crippen LogP contribution in [0.2, 0.25) is 0 Å². The first-order valence-corrected chi connectivity index (χ1v) is 9.25. The van der Waals surface area contributed by atoms with Gasteiger partial charge in [0.05, 0.1) is 11.3 Å². The Labute approximate surface area is 162 Å². The Morgan fingerprint density at radius 1 is 1.00 bits per heavy atom. The number of nitrogens with zero attached hydrogens (tertiary/aromatic N) is 1. The van der Waals surface area contributed by atoms with Crippen molar-refractivity contribution in [2.24, 2.45) is 0 Å². The van der Waals surface area contributed by atoms with Crippen molar-refractivity contribution in [1.29, 1.82) is 0 Å². The molecule has 4 heteroatoms. The van der Waals surface area contributed by atoms with E-state index in [0.717, 1.165) is 16.7 Å². The molecule has 1 nitrogen and oxygen atoms in total. The van der Waals surface area contributed by atoms with Gasteiger partial charge in [0.2, 0.25) is 0 Å². The number of halogens is 3. The molecule has 0 atom stereocenters. The van der Waals surface area contributed by atoms with Gasteiger partial charge in [-0.3, -0.25) is 0 Å². The molecular weight excluding hydrogens is 396 g/mol. The van der Waals surface area contributed by atoms with Crippen LogP contribution in [0.1, 0.15) is 31.9 Å². The fraction of sp³-hybridized carbons (Fsp3) is 0.182. The molecular formula is C22H22BrF2N. The quantitative estimate of drug-likeness (QED) is 0.506. The van der Waals surface area contributed by atoms with Crippen molar-refractivity contribution in [3.8, 4) is 0 Å². The van der Waals surface area contributed by atoms with E-state index in [1.807, 2.05) is 57.2 Å². The summed E-state index contributed by atoms with van der Waals surface area (Å²) in [5.74, 6) is -1.23. The van der Waals surface area contributed by atoms with Crippen LogP contribution in [0.3, 0.4) is 0 Å². The van der Waals surface area contributed by atoms with Gasteiger partial charge in [0, 0.05) is 22.8 Å². The van der Waals surface area contributed by atoms with Crippen molar-refractivity contribution >= 4 is 27.2 Å². The molecule has 1 aliphatic heterocycles. The number of benzene rings is 2. The highest BCUT2D eigenvalue weighted by Gasteiger charge is 2.26. The molecule has 1 aliphatic rings. The molecule has 0 spiro atoms. The Bertz CT molecular complexity index is 859. The zero-order valence-corrected chi connectivity index (χ0v) is 17.0. The number of allylic oxidation sites excluding steroid dienone is 3. The SMILES string of the molecule is C=C1C(C)=CC(c2ccccc2)=C(c2c(F)cc(Br)cc2F)N1C.CC. The Morgan fingerprint density at radius 3 is 2.08 bits per heavy atom. The number of hydrogen-bond acceptors (Lipinski definition) is 1. The Kier molecular flexibility index (Phi) is 6.54. The van der Waals surface area contributed by atoms with E-state index in [0.29, 0.717) is 15.9 Å². The highest BCUT2D eigenvalue weighted by atomic mass is 79.9. The molecule has 0 amide bonds. The maximum Gasteiger partial charge on any atom is 0.136 e. The second kappa shape index (κ2) is 8.45. The van der Waals surface area contributed by atoms with Crippen molar-refractivity contribution < 1.29 is 8.78 Å². The topological polar surface area (TPSA) is 3.24 Å². The maximum absolute atomic E-state index is 14.6. The highest BCUT2D eigenvalue weighted by Crippen LogP contribution is 2.40. The second-order valence-electron chi connectivity index (χ2n) is 5.71. The molecule has 0 aliphatic carbocycles. The average Bonchev–Trinajstić information content (AvgIpc) is 2.63. The summed E-state index contributed by atoms with van der Waals surface area (Å²) >= 11 is 3.13. The minimum Gasteiger partial charge on any atom is -0.344 e. The predicted molar refractivity (Wildman–Crippen MR) is 109 cm³/mol. The fourth-order valence-corrected chi connectivity index (χ4v) is 3.26. The molecule has 136 valence electrons. The van der Waals surface area contributed by atoms with E-state index in [1.165, 1.54) is 12.1 Å². The van der Waals surface area contributed by atoms with Crippen LogP contribution in [0.5, 0.6) is 0 Å². The van der Waals surface area contributed by atoms with Crippen molar-refractivity contribution in [3.05, 3.63) is 93.6 Å². The van der Waals surface area contributed by atoms with Crippen LogP contribution in [0.15, 0.2) is 70.9 Å². The Balaban J connectivity index is 0.00000117. The summed E-state index contributed by atoms with van der Waals surface area (Å²) in [7, 11) is 1.78. The largest absolute Gasteiger partial charge is 0.344 e. The lowest BCUT2D eigenvalue weighted by Crippen LogP contribution is -2.22. The van der Waals surface area contributed by atoms with Gasteiger partial charge in [-0.2, -0.15) is 0 Å². The Morgan fingerprint density at radius 2 is 1.54 bits per heavy atom. The normalized spacial score (nSPS) is 14.0. The summed E-state index contributed by atoms with van der Waals surface area (Å²) < 4.78 is 29.6. The van der Waals surface area contributed by atoms with Crippen LogP contribution < -0.4 is 0 Å². The zero-order valence-electron chi connectivity index (χ0n) is 15.4. The van der Waals surface area contributed by atoms with Gasteiger partial charge in [-0.05, 0) is 36.3 Å². The monoisotopic (exact) mass is 417 g/mol. The van der Waals surface area contributed by atoms with Gasteiger partial charge in [0.1, 0.15) is 11.6 Å². The van der Waals surface area contributed by atoms with E-state index >= 15 is 0 Å². The van der Waals surface area contributed by atoms with Gasteiger partial charge in [0.25, 0.3) is 0 Å². The van der Waals surface area contributed by atoms with Crippen LogP contribution in [0.25, 0.3) is 11.3 Å². The van der Waals surface area contributed by atoms with Gasteiger partial charge < -0.3 is 4.90 Å². The smallest absolute Gasteiger partial charge is 0.136 e. The molecule has 3 rings (SSSR count). The van der Waals surface area contributed by atoms with Crippen molar-refractivity contribution in [1.82, 2.24) is 4.90 Å². The first-order valence-electron chi connectivity index (χ1n) is 8.46. The van der Waals surface area contributed by atoms with Crippen molar-refractivity contribution in [3.63, 3.8) is 0 Å². The maximum atomic E-state index is 14.6. The number of rotatable bonds is 2. The summed E-state index contributed by atoms with van der Waals surface area (Å²) in [4.78, 5) is 1.74. The van der Waals surface area contributed by atoms with E-state index in [1.54, 1.807) is 11.9 Å². The summed E-state index contributed by atoms with van der Waals surface area (Å²) in [6.45, 7) is 9.96. The van der Waals surface area contributed by atoms with Gasteiger partial charge in [-0.1, -0.05) is 66.7 Å². The van der Waals surface area contributed by atoms with E-state index < -0.39 is 11.6 Å². The van der Waals surface area contributed by atoms with Crippen LogP contribution in [-0.4, -0.2) is 11.9 Å². The molecule has 0 bridgehead atoms. The minimum absolute atomic E-state index is 0.0514. The molecule has 1 heterocycles. The second-order valence-corrected chi connectivity index (χ2v) is 6.62. The number of hydrogen-bond donors (Lipinski definition) is 0. The minimum atomic E-state index is -0.613. The van der Waals surface area contributed by atoms with Gasteiger partial charge >= 0.3 is 0 Å². The van der Waals surface area contributed by atoms with Gasteiger partial charge in [-0.15, -0.1) is 0 Å². The first-order chi connectivity index (χ1) is 12.4. The summed E-state index contributed by atoms with van der Waals surface area (Å²) in [6, 6.07) is 12.1. The predicted octanol–water partition coefficient (Wildman–Crippen LogP) is 7.03. The van der Waals surface area contributed by atoms with Crippen molar-refractivity contribution in [2.45, 2.75) is 20.8 Å². The molecule has 0 unspecified atom stereocenters. The van der Waals surface area contributed by atoms with E-state index in [9.17, 15) is 8.78 Å². The lowest BCUT2D eigenvalue weighted by molar-refractivity contribution is 0.547. The molecule has 0 radical (unpaired) electrons. The van der Waals surface area contributed by atoms with Crippen LogP contribution in [0, 0.1) is 11.6 Å². The fourth-order valence-electron chi connectivity index (χ4n) is 2.86. The highest BCUT2D eigenvalue weighted by molar-refractivity contribution is 9.10. The summed E-state index contributed by atoms with van der Waals surface area (Å²) in [6.07, 6.45) is 1.92. The molecule has 2 aromatic rings. The molecule has 0 fully saturated rings. The molecule has 0 N–H and O–H groups in total. The van der Waals surface area contributed by atoms with Gasteiger partial charge in [0.15, 0.2) is 0 Å². The lowest BCUT2D eigenvalue weighted by atomic mass is 9.92. The van der Waals surface area contributed by atoms with E-state index in [2.05, 4.69) is 22.5 Å². The zero-order chi connectivity index (χ0) is 19.4. The molecule has 2 aromatic carbocycles. The summed E-state index contributed by atoms with van der Waals surface area (Å²) in [5.41, 5.74) is 3.75. The summed E-state index contributed by atoms with van der Waals surface area (Å²) in [5, 5.41) is 0. The lowest BCUT2D eigenvalue weighted by Gasteiger charge is -2.32. The third-order valence-corrected chi connectivity index (χ3v) is 4.60. The third-order valence-electron chi connectivity index (χ3n) is 4.14. The van der Waals surface area contributed by atoms with Crippen LogP contribution in [-0.2, 0) is 0 Å². The average molecular weight is 418 g/mol. The third kappa shape index (κ3) is 3.80. The van der Waals surface area contributed by atoms with Crippen LogP contribution in [0.4, 0.5) is 8.78 Å². The molecule has 0 saturated carbocycles. The van der Waals surface area contributed by atoms with Gasteiger partial charge in [-0.25, -0.2) is 8.78 Å². The standard InChI is InChI=1S/C20H16BrF2N.C2H6/c1-12-9-16(14-7-5-4-6-8-14)20(24(3)13(12)2)19-17(22)10-15(21)11-18(19)23;1-2/h4-11H,2H2,1,3H3;1-2H3. The Hall–Kier alpha value is -2.20. The molecule has 26 heavy (non-hydrogen) atoms. The number of likely N-dealkylation sites (N-methyl/N-ethyl adjacent to an activating group) is 1.